The number of nitrogens with zero attached hydrogens (tertiary/aromatic N) is 1. The number of nitrogens with one attached hydrogen (secondary N) is 1. The van der Waals surface area contributed by atoms with Crippen molar-refractivity contribution in [2.24, 2.45) is 0 Å². The first-order chi connectivity index (χ1) is 13.6. The molecule has 2 atom stereocenters. The highest BCUT2D eigenvalue weighted by Gasteiger charge is 2.32. The van der Waals surface area contributed by atoms with Gasteiger partial charge >= 0.3 is 0 Å². The molecule has 7 heteroatoms. The van der Waals surface area contributed by atoms with Crippen molar-refractivity contribution in [2.45, 2.75) is 52.6 Å². The maximum absolute atomic E-state index is 13.2. The number of aryl methyl sites for hydroxylation is 2. The Morgan fingerprint density at radius 1 is 1.07 bits per heavy atom. The van der Waals surface area contributed by atoms with Gasteiger partial charge in [-0.3, -0.25) is 9.10 Å². The van der Waals surface area contributed by atoms with Crippen LogP contribution in [0.5, 0.6) is 0 Å². The van der Waals surface area contributed by atoms with Gasteiger partial charge in [0.1, 0.15) is 6.04 Å². The third kappa shape index (κ3) is 5.73. The van der Waals surface area contributed by atoms with Crippen molar-refractivity contribution in [3.63, 3.8) is 0 Å². The van der Waals surface area contributed by atoms with E-state index in [2.05, 4.69) is 11.4 Å². The maximum atomic E-state index is 13.2. The SMILES string of the molecule is CC[C@@H](NC(=O)[C@H](CC)N(c1ccc(Cl)cc1)S(C)(=O)=O)c1ccc(C)cc1C. The van der Waals surface area contributed by atoms with E-state index in [-0.39, 0.29) is 11.9 Å². The molecule has 1 N–H and O–H groups in total. The summed E-state index contributed by atoms with van der Waals surface area (Å²) in [6.07, 6.45) is 2.15. The van der Waals surface area contributed by atoms with Crippen LogP contribution in [0.25, 0.3) is 0 Å². The second-order valence-corrected chi connectivity index (χ2v) is 9.58. The first kappa shape index (κ1) is 23.2. The van der Waals surface area contributed by atoms with Crippen LogP contribution in [0.1, 0.15) is 49.4 Å². The summed E-state index contributed by atoms with van der Waals surface area (Å²) in [5.41, 5.74) is 3.71. The van der Waals surface area contributed by atoms with Gasteiger partial charge < -0.3 is 5.32 Å². The molecule has 0 saturated heterocycles. The predicted octanol–water partition coefficient (Wildman–Crippen LogP) is 4.77. The summed E-state index contributed by atoms with van der Waals surface area (Å²) in [5.74, 6) is -0.320. The zero-order valence-electron chi connectivity index (χ0n) is 17.6. The van der Waals surface area contributed by atoms with Crippen LogP contribution >= 0.6 is 11.6 Å². The predicted molar refractivity (Wildman–Crippen MR) is 120 cm³/mol. The molecule has 29 heavy (non-hydrogen) atoms. The topological polar surface area (TPSA) is 66.5 Å². The van der Waals surface area contributed by atoms with Crippen molar-refractivity contribution in [1.29, 1.82) is 0 Å². The molecule has 2 aromatic carbocycles. The van der Waals surface area contributed by atoms with Gasteiger partial charge in [0.15, 0.2) is 0 Å². The lowest BCUT2D eigenvalue weighted by atomic mass is 9.97. The van der Waals surface area contributed by atoms with Crippen LogP contribution in [-0.4, -0.2) is 26.6 Å². The number of carbonyl (C=O) groups is 1. The molecule has 0 spiro atoms. The van der Waals surface area contributed by atoms with Crippen molar-refractivity contribution >= 4 is 33.2 Å². The summed E-state index contributed by atoms with van der Waals surface area (Å²) in [4.78, 5) is 13.2. The molecule has 5 nitrogen and oxygen atoms in total. The molecule has 0 heterocycles. The van der Waals surface area contributed by atoms with Crippen LogP contribution in [0.2, 0.25) is 5.02 Å². The summed E-state index contributed by atoms with van der Waals surface area (Å²) in [6, 6.07) is 11.5. The molecule has 0 aromatic heterocycles. The molecule has 0 aliphatic heterocycles. The van der Waals surface area contributed by atoms with Crippen LogP contribution in [0, 0.1) is 13.8 Å². The molecule has 2 aromatic rings. The lowest BCUT2D eigenvalue weighted by Crippen LogP contribution is -2.50. The molecule has 0 radical (unpaired) electrons. The molecule has 0 bridgehead atoms. The van der Waals surface area contributed by atoms with Gasteiger partial charge in [-0.2, -0.15) is 0 Å². The molecule has 2 rings (SSSR count). The third-order valence-electron chi connectivity index (χ3n) is 4.94. The Bertz CT molecular complexity index is 959. The summed E-state index contributed by atoms with van der Waals surface area (Å²) >= 11 is 5.94. The van der Waals surface area contributed by atoms with E-state index in [0.29, 0.717) is 23.6 Å². The Hall–Kier alpha value is -2.05. The first-order valence-electron chi connectivity index (χ1n) is 9.71. The molecule has 0 aliphatic carbocycles. The number of rotatable bonds is 8. The third-order valence-corrected chi connectivity index (χ3v) is 6.37. The Kier molecular flexibility index (Phi) is 7.72. The highest BCUT2D eigenvalue weighted by atomic mass is 35.5. The van der Waals surface area contributed by atoms with Gasteiger partial charge in [0.05, 0.1) is 18.0 Å². The molecular formula is C22H29ClN2O3S. The largest absolute Gasteiger partial charge is 0.347 e. The quantitative estimate of drug-likeness (QED) is 0.648. The van der Waals surface area contributed by atoms with Crippen LogP contribution in [0.4, 0.5) is 5.69 Å². The Labute approximate surface area is 179 Å². The minimum atomic E-state index is -3.68. The lowest BCUT2D eigenvalue weighted by molar-refractivity contribution is -0.123. The smallest absolute Gasteiger partial charge is 0.244 e. The van der Waals surface area contributed by atoms with Crippen LogP contribution < -0.4 is 9.62 Å². The van der Waals surface area contributed by atoms with E-state index in [9.17, 15) is 13.2 Å². The fourth-order valence-electron chi connectivity index (χ4n) is 3.53. The number of sulfonamides is 1. The number of carbonyl (C=O) groups excluding carboxylic acids is 1. The van der Waals surface area contributed by atoms with Crippen LogP contribution in [0.15, 0.2) is 42.5 Å². The normalized spacial score (nSPS) is 13.6. The summed E-state index contributed by atoms with van der Waals surface area (Å²) in [7, 11) is -3.68. The molecule has 1 amide bonds. The maximum Gasteiger partial charge on any atom is 0.244 e. The first-order valence-corrected chi connectivity index (χ1v) is 11.9. The van der Waals surface area contributed by atoms with Gasteiger partial charge in [-0.25, -0.2) is 8.42 Å². The van der Waals surface area contributed by atoms with Crippen LogP contribution in [0.3, 0.4) is 0 Å². The van der Waals surface area contributed by atoms with E-state index >= 15 is 0 Å². The van der Waals surface area contributed by atoms with Crippen molar-refractivity contribution in [3.05, 3.63) is 64.2 Å². The fraction of sp³-hybridized carbons (Fsp3) is 0.409. The van der Waals surface area contributed by atoms with Gasteiger partial charge in [0.2, 0.25) is 15.9 Å². The van der Waals surface area contributed by atoms with Gasteiger partial charge in [0.25, 0.3) is 0 Å². The lowest BCUT2D eigenvalue weighted by Gasteiger charge is -2.31. The molecule has 0 saturated carbocycles. The molecule has 0 fully saturated rings. The van der Waals surface area contributed by atoms with E-state index in [0.717, 1.165) is 22.9 Å². The number of hydrogen-bond donors (Lipinski definition) is 1. The minimum absolute atomic E-state index is 0.191. The van der Waals surface area contributed by atoms with Crippen LogP contribution in [-0.2, 0) is 14.8 Å². The highest BCUT2D eigenvalue weighted by Crippen LogP contribution is 2.26. The van der Waals surface area contributed by atoms with Gasteiger partial charge in [-0.05, 0) is 62.1 Å². The van der Waals surface area contributed by atoms with E-state index < -0.39 is 16.1 Å². The van der Waals surface area contributed by atoms with Crippen molar-refractivity contribution < 1.29 is 13.2 Å². The molecular weight excluding hydrogens is 408 g/mol. The van der Waals surface area contributed by atoms with E-state index in [4.69, 9.17) is 11.6 Å². The second kappa shape index (κ2) is 9.63. The molecule has 0 aliphatic rings. The number of halogens is 1. The van der Waals surface area contributed by atoms with Gasteiger partial charge in [-0.1, -0.05) is 49.2 Å². The average Bonchev–Trinajstić information content (AvgIpc) is 2.64. The number of amides is 1. The number of anilines is 1. The Morgan fingerprint density at radius 3 is 2.17 bits per heavy atom. The van der Waals surface area contributed by atoms with Crippen molar-refractivity contribution in [2.75, 3.05) is 10.6 Å². The summed E-state index contributed by atoms with van der Waals surface area (Å²) < 4.78 is 26.3. The van der Waals surface area contributed by atoms with E-state index in [1.807, 2.05) is 32.9 Å². The monoisotopic (exact) mass is 436 g/mol. The van der Waals surface area contributed by atoms with E-state index in [1.165, 1.54) is 4.31 Å². The average molecular weight is 437 g/mol. The molecule has 0 unspecified atom stereocenters. The zero-order valence-corrected chi connectivity index (χ0v) is 19.1. The molecule has 158 valence electrons. The van der Waals surface area contributed by atoms with E-state index in [1.54, 1.807) is 31.2 Å². The Morgan fingerprint density at radius 2 is 1.69 bits per heavy atom. The van der Waals surface area contributed by atoms with Crippen molar-refractivity contribution in [3.8, 4) is 0 Å². The Balaban J connectivity index is 2.36. The highest BCUT2D eigenvalue weighted by molar-refractivity contribution is 7.92. The second-order valence-electron chi connectivity index (χ2n) is 7.29. The van der Waals surface area contributed by atoms with Crippen molar-refractivity contribution in [1.82, 2.24) is 5.32 Å². The fourth-order valence-corrected chi connectivity index (χ4v) is 4.87. The minimum Gasteiger partial charge on any atom is -0.347 e. The summed E-state index contributed by atoms with van der Waals surface area (Å²) in [5, 5.41) is 3.56. The zero-order chi connectivity index (χ0) is 21.8. The summed E-state index contributed by atoms with van der Waals surface area (Å²) in [6.45, 7) is 7.85. The van der Waals surface area contributed by atoms with Gasteiger partial charge in [-0.15, -0.1) is 0 Å². The number of hydrogen-bond acceptors (Lipinski definition) is 3. The number of benzene rings is 2. The standard InChI is InChI=1S/C22H29ClN2O3S/c1-6-20(19-13-8-15(3)14-16(19)4)24-22(26)21(7-2)25(29(5,27)28)18-11-9-17(23)10-12-18/h8-14,20-21H,6-7H2,1-5H3,(H,24,26)/t20-,21+/m1/s1. The van der Waals surface area contributed by atoms with Gasteiger partial charge in [0, 0.05) is 5.02 Å².